The van der Waals surface area contributed by atoms with Gasteiger partial charge in [-0.2, -0.15) is 0 Å². The summed E-state index contributed by atoms with van der Waals surface area (Å²) in [5.74, 6) is 0.508. The number of nitrogens with one attached hydrogen (secondary N) is 2. The summed E-state index contributed by atoms with van der Waals surface area (Å²) in [5, 5.41) is 5.97. The molecule has 0 atom stereocenters. The molecule has 2 N–H and O–H groups in total. The predicted molar refractivity (Wildman–Crippen MR) is 116 cm³/mol. The summed E-state index contributed by atoms with van der Waals surface area (Å²) in [6, 6.07) is 7.93. The maximum Gasteiger partial charge on any atom is 0.241 e. The normalized spacial score (nSPS) is 16.1. The lowest BCUT2D eigenvalue weighted by Crippen LogP contribution is -2.57. The van der Waals surface area contributed by atoms with Crippen LogP contribution in [0.1, 0.15) is 25.6 Å². The number of fused-ring (bicyclic) bond motifs is 1. The van der Waals surface area contributed by atoms with Crippen LogP contribution in [0, 0.1) is 0 Å². The number of sulfone groups is 1. The van der Waals surface area contributed by atoms with E-state index in [1.54, 1.807) is 0 Å². The second kappa shape index (κ2) is 9.91. The van der Waals surface area contributed by atoms with Crippen LogP contribution in [0.25, 0.3) is 11.0 Å². The zero-order valence-electron chi connectivity index (χ0n) is 16.1. The van der Waals surface area contributed by atoms with E-state index in [2.05, 4.69) is 27.1 Å². The number of para-hydroxylation sites is 2. The predicted octanol–water partition coefficient (Wildman–Crippen LogP) is 1.73. The Morgan fingerprint density at radius 2 is 1.89 bits per heavy atom. The summed E-state index contributed by atoms with van der Waals surface area (Å²) in [6.07, 6.45) is 2.34. The molecule has 10 heteroatoms. The standard InChI is InChI=1S/C18H26N4O3S.2ClH/c1-3-22-15-7-5-4-6-14(15)21-16(22)8-11-20-17(23)18(26(2,24)25)9-12-19-13-10-18;;/h4-7,19H,3,8-13H2,1-2H3,(H,20,23);2*1H. The largest absolute Gasteiger partial charge is 0.354 e. The first-order valence-electron chi connectivity index (χ1n) is 9.02. The van der Waals surface area contributed by atoms with E-state index < -0.39 is 14.6 Å². The first kappa shape index (κ1) is 24.7. The van der Waals surface area contributed by atoms with Crippen LogP contribution >= 0.6 is 24.8 Å². The van der Waals surface area contributed by atoms with Gasteiger partial charge in [-0.25, -0.2) is 13.4 Å². The molecule has 158 valence electrons. The number of aromatic nitrogens is 2. The van der Waals surface area contributed by atoms with Gasteiger partial charge in [-0.1, -0.05) is 12.1 Å². The number of rotatable bonds is 6. The van der Waals surface area contributed by atoms with E-state index in [1.807, 2.05) is 24.3 Å². The SMILES string of the molecule is CCn1c(CCNC(=O)C2(S(C)(=O)=O)CCNCC2)nc2ccccc21.Cl.Cl. The Labute approximate surface area is 178 Å². The Morgan fingerprint density at radius 3 is 2.50 bits per heavy atom. The van der Waals surface area contributed by atoms with E-state index in [1.165, 1.54) is 0 Å². The van der Waals surface area contributed by atoms with Gasteiger partial charge < -0.3 is 15.2 Å². The van der Waals surface area contributed by atoms with Crippen LogP contribution in [0.5, 0.6) is 0 Å². The van der Waals surface area contributed by atoms with Gasteiger partial charge in [0.2, 0.25) is 5.91 Å². The summed E-state index contributed by atoms with van der Waals surface area (Å²) < 4.78 is 25.4. The molecule has 0 aliphatic carbocycles. The lowest BCUT2D eigenvalue weighted by Gasteiger charge is -2.34. The van der Waals surface area contributed by atoms with Crippen molar-refractivity contribution in [3.8, 4) is 0 Å². The molecule has 2 heterocycles. The maximum absolute atomic E-state index is 12.7. The molecule has 0 spiro atoms. The van der Waals surface area contributed by atoms with Crippen LogP contribution in [-0.2, 0) is 27.6 Å². The maximum atomic E-state index is 12.7. The summed E-state index contributed by atoms with van der Waals surface area (Å²) >= 11 is 0. The number of carbonyl (C=O) groups is 1. The minimum Gasteiger partial charge on any atom is -0.354 e. The van der Waals surface area contributed by atoms with Gasteiger partial charge in [-0.3, -0.25) is 4.79 Å². The van der Waals surface area contributed by atoms with Crippen molar-refractivity contribution < 1.29 is 13.2 Å². The molecule has 1 aliphatic rings. The number of halogens is 2. The second-order valence-electron chi connectivity index (χ2n) is 6.78. The number of nitrogens with zero attached hydrogens (tertiary/aromatic N) is 2. The van der Waals surface area contributed by atoms with Crippen molar-refractivity contribution in [2.24, 2.45) is 0 Å². The van der Waals surface area contributed by atoms with Crippen LogP contribution in [0.4, 0.5) is 0 Å². The number of hydrogen-bond acceptors (Lipinski definition) is 5. The summed E-state index contributed by atoms with van der Waals surface area (Å²) in [7, 11) is -3.49. The van der Waals surface area contributed by atoms with Crippen LogP contribution < -0.4 is 10.6 Å². The number of aryl methyl sites for hydroxylation is 1. The molecule has 2 aromatic rings. The molecule has 28 heavy (non-hydrogen) atoms. The highest BCUT2D eigenvalue weighted by Gasteiger charge is 2.48. The molecule has 0 radical (unpaired) electrons. The van der Waals surface area contributed by atoms with Crippen LogP contribution in [0.15, 0.2) is 24.3 Å². The third kappa shape index (κ3) is 4.62. The Balaban J connectivity index is 0.00000196. The van der Waals surface area contributed by atoms with Crippen LogP contribution in [0.2, 0.25) is 0 Å². The topological polar surface area (TPSA) is 93.1 Å². The highest BCUT2D eigenvalue weighted by molar-refractivity contribution is 7.92. The van der Waals surface area contributed by atoms with Gasteiger partial charge in [0.25, 0.3) is 0 Å². The van der Waals surface area contributed by atoms with Gasteiger partial charge in [0.1, 0.15) is 5.82 Å². The molecule has 1 amide bonds. The van der Waals surface area contributed by atoms with Gasteiger partial charge >= 0.3 is 0 Å². The summed E-state index contributed by atoms with van der Waals surface area (Å²) in [5.41, 5.74) is 2.00. The van der Waals surface area contributed by atoms with E-state index in [-0.39, 0.29) is 30.7 Å². The zero-order chi connectivity index (χ0) is 18.8. The van der Waals surface area contributed by atoms with Crippen LogP contribution in [0.3, 0.4) is 0 Å². The van der Waals surface area contributed by atoms with Crippen LogP contribution in [-0.4, -0.2) is 54.5 Å². The highest BCUT2D eigenvalue weighted by Crippen LogP contribution is 2.28. The van der Waals surface area contributed by atoms with Crippen molar-refractivity contribution in [1.82, 2.24) is 20.2 Å². The third-order valence-corrected chi connectivity index (χ3v) is 7.23. The number of carbonyl (C=O) groups excluding carboxylic acids is 1. The molecule has 1 aliphatic heterocycles. The summed E-state index contributed by atoms with van der Waals surface area (Å²) in [6.45, 7) is 4.29. The minimum absolute atomic E-state index is 0. The fourth-order valence-corrected chi connectivity index (χ4v) is 5.07. The fraction of sp³-hybridized carbons (Fsp3) is 0.556. The highest BCUT2D eigenvalue weighted by atomic mass is 35.5. The Morgan fingerprint density at radius 1 is 1.25 bits per heavy atom. The molecule has 0 bridgehead atoms. The van der Waals surface area contributed by atoms with Crippen molar-refractivity contribution in [3.05, 3.63) is 30.1 Å². The molecule has 0 saturated carbocycles. The van der Waals surface area contributed by atoms with Gasteiger partial charge in [-0.15, -0.1) is 24.8 Å². The quantitative estimate of drug-likeness (QED) is 0.698. The minimum atomic E-state index is -3.49. The smallest absolute Gasteiger partial charge is 0.241 e. The van der Waals surface area contributed by atoms with Gasteiger partial charge in [0.05, 0.1) is 11.0 Å². The Kier molecular flexibility index (Phi) is 8.74. The van der Waals surface area contributed by atoms with Gasteiger partial charge in [0.15, 0.2) is 14.6 Å². The number of hydrogen-bond donors (Lipinski definition) is 2. The average Bonchev–Trinajstić information content (AvgIpc) is 2.98. The van der Waals surface area contributed by atoms with E-state index in [4.69, 9.17) is 0 Å². The Hall–Kier alpha value is -1.35. The van der Waals surface area contributed by atoms with E-state index in [0.717, 1.165) is 29.7 Å². The van der Waals surface area contributed by atoms with Crippen molar-refractivity contribution in [2.75, 3.05) is 25.9 Å². The lowest BCUT2D eigenvalue weighted by atomic mass is 9.96. The average molecular weight is 451 g/mol. The second-order valence-corrected chi connectivity index (χ2v) is 9.11. The molecule has 1 fully saturated rings. The molecule has 7 nitrogen and oxygen atoms in total. The molecule has 1 saturated heterocycles. The van der Waals surface area contributed by atoms with Crippen molar-refractivity contribution in [3.63, 3.8) is 0 Å². The molecular formula is C18H28Cl2N4O3S. The van der Waals surface area contributed by atoms with E-state index >= 15 is 0 Å². The van der Waals surface area contributed by atoms with E-state index in [0.29, 0.717) is 38.9 Å². The molecule has 1 aromatic heterocycles. The number of piperidine rings is 1. The molecule has 1 aromatic carbocycles. The summed E-state index contributed by atoms with van der Waals surface area (Å²) in [4.78, 5) is 17.4. The first-order valence-corrected chi connectivity index (χ1v) is 10.9. The number of benzene rings is 1. The van der Waals surface area contributed by atoms with Crippen molar-refractivity contribution >= 4 is 51.6 Å². The van der Waals surface area contributed by atoms with Crippen molar-refractivity contribution in [1.29, 1.82) is 0 Å². The molecular weight excluding hydrogens is 423 g/mol. The lowest BCUT2D eigenvalue weighted by molar-refractivity contribution is -0.124. The first-order chi connectivity index (χ1) is 12.4. The number of amides is 1. The van der Waals surface area contributed by atoms with Crippen molar-refractivity contribution in [2.45, 2.75) is 37.5 Å². The monoisotopic (exact) mass is 450 g/mol. The molecule has 0 unspecified atom stereocenters. The fourth-order valence-electron chi connectivity index (χ4n) is 3.71. The third-order valence-electron chi connectivity index (χ3n) is 5.22. The molecule has 3 rings (SSSR count). The van der Waals surface area contributed by atoms with Gasteiger partial charge in [0, 0.05) is 25.8 Å². The number of imidazole rings is 1. The van der Waals surface area contributed by atoms with Gasteiger partial charge in [-0.05, 0) is 45.0 Å². The van der Waals surface area contributed by atoms with E-state index in [9.17, 15) is 13.2 Å². The Bertz CT molecular complexity index is 909. The zero-order valence-corrected chi connectivity index (χ0v) is 18.6.